The number of nitrogens with one attached hydrogen (secondary N) is 1. The summed E-state index contributed by atoms with van der Waals surface area (Å²) in [6.45, 7) is 5.78. The summed E-state index contributed by atoms with van der Waals surface area (Å²) in [5.41, 5.74) is 2.32. The summed E-state index contributed by atoms with van der Waals surface area (Å²) >= 11 is 5.52. The number of carbonyl (C=O) groups is 1. The van der Waals surface area contributed by atoms with Gasteiger partial charge in [-0.3, -0.25) is 4.79 Å². The molecule has 0 spiro atoms. The number of thiocarbonyl (C=S) groups is 1. The number of hydrogen-bond acceptors (Lipinski definition) is 3. The number of aryl methyl sites for hydroxylation is 1. The molecule has 6 heteroatoms. The minimum absolute atomic E-state index is 0.140. The number of ether oxygens (including phenoxy) is 1. The van der Waals surface area contributed by atoms with Crippen LogP contribution in [-0.4, -0.2) is 59.7 Å². The van der Waals surface area contributed by atoms with E-state index in [9.17, 15) is 4.79 Å². The van der Waals surface area contributed by atoms with E-state index < -0.39 is 0 Å². The molecule has 0 radical (unpaired) electrons. The Morgan fingerprint density at radius 1 is 1.21 bits per heavy atom. The number of hydrogen-bond donors (Lipinski definition) is 1. The van der Waals surface area contributed by atoms with Gasteiger partial charge in [-0.1, -0.05) is 19.1 Å². The van der Waals surface area contributed by atoms with E-state index in [1.807, 2.05) is 4.90 Å². The van der Waals surface area contributed by atoms with Gasteiger partial charge in [0, 0.05) is 38.5 Å². The highest BCUT2D eigenvalue weighted by Gasteiger charge is 2.30. The molecule has 2 aliphatic heterocycles. The third-order valence-electron chi connectivity index (χ3n) is 4.70. The Labute approximate surface area is 149 Å². The van der Waals surface area contributed by atoms with E-state index >= 15 is 0 Å². The van der Waals surface area contributed by atoms with Gasteiger partial charge < -0.3 is 19.9 Å². The van der Waals surface area contributed by atoms with Crippen LogP contribution in [0.2, 0.25) is 0 Å². The van der Waals surface area contributed by atoms with Gasteiger partial charge in [0.25, 0.3) is 5.91 Å². The molecule has 0 saturated carbocycles. The van der Waals surface area contributed by atoms with Crippen molar-refractivity contribution in [3.63, 3.8) is 0 Å². The number of carbonyl (C=O) groups excluding carboxylic acids is 1. The first-order chi connectivity index (χ1) is 11.7. The third-order valence-corrected chi connectivity index (χ3v) is 5.06. The van der Waals surface area contributed by atoms with Gasteiger partial charge in [-0.25, -0.2) is 0 Å². The Kier molecular flexibility index (Phi) is 5.68. The molecule has 0 bridgehead atoms. The van der Waals surface area contributed by atoms with Gasteiger partial charge in [0.05, 0.1) is 0 Å². The monoisotopic (exact) mass is 347 g/mol. The van der Waals surface area contributed by atoms with Crippen LogP contribution < -0.4 is 5.32 Å². The minimum atomic E-state index is -0.223. The summed E-state index contributed by atoms with van der Waals surface area (Å²) in [7, 11) is 0. The smallest absolute Gasteiger partial charge is 0.251 e. The van der Waals surface area contributed by atoms with Gasteiger partial charge in [0.2, 0.25) is 0 Å². The Balaban J connectivity index is 1.48. The first kappa shape index (κ1) is 17.2. The van der Waals surface area contributed by atoms with Crippen molar-refractivity contribution in [1.29, 1.82) is 0 Å². The molecule has 2 fully saturated rings. The highest BCUT2D eigenvalue weighted by molar-refractivity contribution is 7.80. The van der Waals surface area contributed by atoms with Crippen molar-refractivity contribution in [3.8, 4) is 0 Å². The first-order valence-corrected chi connectivity index (χ1v) is 9.13. The molecule has 5 nitrogen and oxygen atoms in total. The first-order valence-electron chi connectivity index (χ1n) is 8.72. The molecule has 130 valence electrons. The maximum Gasteiger partial charge on any atom is 0.251 e. The molecule has 2 saturated heterocycles. The van der Waals surface area contributed by atoms with E-state index in [0.29, 0.717) is 19.7 Å². The Bertz CT molecular complexity index is 576. The second-order valence-corrected chi connectivity index (χ2v) is 6.68. The van der Waals surface area contributed by atoms with Crippen LogP contribution in [0.5, 0.6) is 0 Å². The predicted octanol–water partition coefficient (Wildman–Crippen LogP) is 2.27. The van der Waals surface area contributed by atoms with Gasteiger partial charge in [-0.15, -0.1) is 0 Å². The minimum Gasteiger partial charge on any atom is -0.368 e. The lowest BCUT2D eigenvalue weighted by Crippen LogP contribution is -2.53. The van der Waals surface area contributed by atoms with Crippen LogP contribution >= 0.6 is 12.2 Å². The molecular formula is C18H25N3O2S. The molecule has 24 heavy (non-hydrogen) atoms. The standard InChI is InChI=1S/C18H25N3O2S/c1-2-14-5-7-15(8-6-14)19-18(24)21-11-9-20(10-12-21)17(22)16-4-3-13-23-16/h5-8,16H,2-4,9-13H2,1H3,(H,19,24). The Hall–Kier alpha value is -1.66. The Morgan fingerprint density at radius 3 is 2.46 bits per heavy atom. The molecule has 1 aromatic rings. The molecule has 0 aromatic heterocycles. The predicted molar refractivity (Wildman–Crippen MR) is 99.2 cm³/mol. The summed E-state index contributed by atoms with van der Waals surface area (Å²) in [6, 6.07) is 8.34. The zero-order valence-corrected chi connectivity index (χ0v) is 15.0. The number of amides is 1. The summed E-state index contributed by atoms with van der Waals surface area (Å²) < 4.78 is 5.50. The van der Waals surface area contributed by atoms with Crippen molar-refractivity contribution in [2.24, 2.45) is 0 Å². The maximum absolute atomic E-state index is 12.4. The largest absolute Gasteiger partial charge is 0.368 e. The fourth-order valence-electron chi connectivity index (χ4n) is 3.13. The SMILES string of the molecule is CCc1ccc(NC(=S)N2CCN(C(=O)C3CCCO3)CC2)cc1. The van der Waals surface area contributed by atoms with Gasteiger partial charge >= 0.3 is 0 Å². The molecule has 2 heterocycles. The van der Waals surface area contributed by atoms with E-state index in [1.165, 1.54) is 5.56 Å². The Morgan fingerprint density at radius 2 is 1.88 bits per heavy atom. The molecule has 2 aliphatic rings. The van der Waals surface area contributed by atoms with Crippen LogP contribution in [0, 0.1) is 0 Å². The van der Waals surface area contributed by atoms with Crippen LogP contribution in [-0.2, 0) is 16.0 Å². The summed E-state index contributed by atoms with van der Waals surface area (Å²) in [4.78, 5) is 16.4. The maximum atomic E-state index is 12.4. The van der Waals surface area contributed by atoms with E-state index in [4.69, 9.17) is 17.0 Å². The molecule has 1 atom stereocenters. The lowest BCUT2D eigenvalue weighted by molar-refractivity contribution is -0.142. The highest BCUT2D eigenvalue weighted by atomic mass is 32.1. The van der Waals surface area contributed by atoms with E-state index in [1.54, 1.807) is 0 Å². The lowest BCUT2D eigenvalue weighted by atomic mass is 10.1. The number of nitrogens with zero attached hydrogens (tertiary/aromatic N) is 2. The molecular weight excluding hydrogens is 322 g/mol. The van der Waals surface area contributed by atoms with Crippen molar-refractivity contribution < 1.29 is 9.53 Å². The lowest BCUT2D eigenvalue weighted by Gasteiger charge is -2.37. The molecule has 1 unspecified atom stereocenters. The second kappa shape index (κ2) is 7.94. The van der Waals surface area contributed by atoms with Crippen LogP contribution in [0.4, 0.5) is 5.69 Å². The van der Waals surface area contributed by atoms with Crippen LogP contribution in [0.15, 0.2) is 24.3 Å². The molecule has 3 rings (SSSR count). The molecule has 0 aliphatic carbocycles. The molecule has 1 N–H and O–H groups in total. The van der Waals surface area contributed by atoms with Crippen LogP contribution in [0.3, 0.4) is 0 Å². The van der Waals surface area contributed by atoms with Crippen molar-refractivity contribution >= 4 is 28.9 Å². The van der Waals surface area contributed by atoms with Crippen LogP contribution in [0.25, 0.3) is 0 Å². The van der Waals surface area contributed by atoms with Crippen LogP contribution in [0.1, 0.15) is 25.3 Å². The number of anilines is 1. The highest BCUT2D eigenvalue weighted by Crippen LogP contribution is 2.17. The zero-order valence-electron chi connectivity index (χ0n) is 14.2. The third kappa shape index (κ3) is 4.05. The van der Waals surface area contributed by atoms with Gasteiger partial charge in [-0.2, -0.15) is 0 Å². The van der Waals surface area contributed by atoms with E-state index in [2.05, 4.69) is 41.4 Å². The van der Waals surface area contributed by atoms with Crippen molar-refractivity contribution in [2.45, 2.75) is 32.3 Å². The van der Waals surface area contributed by atoms with Gasteiger partial charge in [0.1, 0.15) is 6.10 Å². The van der Waals surface area contributed by atoms with Crippen molar-refractivity contribution in [3.05, 3.63) is 29.8 Å². The van der Waals surface area contributed by atoms with Crippen molar-refractivity contribution in [1.82, 2.24) is 9.80 Å². The quantitative estimate of drug-likeness (QED) is 0.850. The molecule has 1 aromatic carbocycles. The van der Waals surface area contributed by atoms with Gasteiger partial charge in [-0.05, 0) is 49.2 Å². The summed E-state index contributed by atoms with van der Waals surface area (Å²) in [6.07, 6.45) is 2.65. The average Bonchev–Trinajstić information content (AvgIpc) is 3.16. The normalized spacial score (nSPS) is 21.0. The fourth-order valence-corrected chi connectivity index (χ4v) is 3.43. The van der Waals surface area contributed by atoms with E-state index in [0.717, 1.165) is 43.2 Å². The summed E-state index contributed by atoms with van der Waals surface area (Å²) in [5, 5.41) is 4.02. The topological polar surface area (TPSA) is 44.8 Å². The number of benzene rings is 1. The molecule has 1 amide bonds. The zero-order chi connectivity index (χ0) is 16.9. The number of piperazine rings is 1. The summed E-state index contributed by atoms with van der Waals surface area (Å²) in [5.74, 6) is 0.140. The van der Waals surface area contributed by atoms with E-state index in [-0.39, 0.29) is 12.0 Å². The second-order valence-electron chi connectivity index (χ2n) is 6.29. The fraction of sp³-hybridized carbons (Fsp3) is 0.556. The average molecular weight is 347 g/mol. The number of rotatable bonds is 3. The van der Waals surface area contributed by atoms with Crippen molar-refractivity contribution in [2.75, 3.05) is 38.1 Å². The van der Waals surface area contributed by atoms with Gasteiger partial charge in [0.15, 0.2) is 5.11 Å².